The first-order valence-electron chi connectivity index (χ1n) is 3.39. The van der Waals surface area contributed by atoms with Gasteiger partial charge in [-0.3, -0.25) is 4.79 Å². The summed E-state index contributed by atoms with van der Waals surface area (Å²) < 4.78 is 22.8. The van der Waals surface area contributed by atoms with Crippen LogP contribution in [-0.4, -0.2) is 21.0 Å². The molecule has 0 spiro atoms. The molecule has 0 aliphatic rings. The number of rotatable bonds is 2. The first-order valence-corrected chi connectivity index (χ1v) is 6.08. The molecule has 0 amide bonds. The molecule has 13 heavy (non-hydrogen) atoms. The number of sulfone groups is 1. The standard InChI is InChI=1S/C8H7BrO3S/c1-13(11,12)8-3-6(5-10)2-7(9)4-8/h2-5H,1H3. The predicted molar refractivity (Wildman–Crippen MR) is 52.6 cm³/mol. The molecule has 70 valence electrons. The minimum absolute atomic E-state index is 0.143. The lowest BCUT2D eigenvalue weighted by Gasteiger charge is -2.00. The van der Waals surface area contributed by atoms with Crippen LogP contribution in [-0.2, 0) is 9.84 Å². The molecule has 0 bridgehead atoms. The summed E-state index contributed by atoms with van der Waals surface area (Å²) in [5.74, 6) is 0. The third kappa shape index (κ3) is 2.63. The maximum absolute atomic E-state index is 11.1. The Hall–Kier alpha value is -0.680. The average Bonchev–Trinajstić information content (AvgIpc) is 2.01. The molecule has 0 aliphatic carbocycles. The molecule has 0 radical (unpaired) electrons. The molecule has 0 unspecified atom stereocenters. The van der Waals surface area contributed by atoms with Crippen molar-refractivity contribution in [2.45, 2.75) is 4.90 Å². The highest BCUT2D eigenvalue weighted by molar-refractivity contribution is 9.10. The zero-order chi connectivity index (χ0) is 10.1. The van der Waals surface area contributed by atoms with E-state index in [1.165, 1.54) is 12.1 Å². The molecule has 0 fully saturated rings. The molecule has 0 aromatic heterocycles. The first-order chi connectivity index (χ1) is 5.93. The molecule has 3 nitrogen and oxygen atoms in total. The minimum atomic E-state index is -3.25. The van der Waals surface area contributed by atoms with E-state index in [4.69, 9.17) is 0 Å². The summed E-state index contributed by atoms with van der Waals surface area (Å²) in [5.41, 5.74) is 0.342. The second-order valence-corrected chi connectivity index (χ2v) is 5.54. The van der Waals surface area contributed by atoms with Crippen LogP contribution in [0.5, 0.6) is 0 Å². The number of carbonyl (C=O) groups excluding carboxylic acids is 1. The number of halogens is 1. The van der Waals surface area contributed by atoms with Crippen molar-refractivity contribution in [1.29, 1.82) is 0 Å². The number of hydrogen-bond acceptors (Lipinski definition) is 3. The monoisotopic (exact) mass is 262 g/mol. The van der Waals surface area contributed by atoms with Gasteiger partial charge in [-0.05, 0) is 18.2 Å². The van der Waals surface area contributed by atoms with E-state index in [0.717, 1.165) is 6.26 Å². The third-order valence-corrected chi connectivity index (χ3v) is 3.01. The molecule has 1 aromatic carbocycles. The highest BCUT2D eigenvalue weighted by atomic mass is 79.9. The van der Waals surface area contributed by atoms with Crippen molar-refractivity contribution in [2.75, 3.05) is 6.26 Å². The van der Waals surface area contributed by atoms with E-state index in [2.05, 4.69) is 15.9 Å². The van der Waals surface area contributed by atoms with Gasteiger partial charge in [-0.2, -0.15) is 0 Å². The Morgan fingerprint density at radius 2 is 1.92 bits per heavy atom. The van der Waals surface area contributed by atoms with Crippen LogP contribution in [0.4, 0.5) is 0 Å². The van der Waals surface area contributed by atoms with Gasteiger partial charge in [0.1, 0.15) is 6.29 Å². The van der Waals surface area contributed by atoms with E-state index in [1.807, 2.05) is 0 Å². The van der Waals surface area contributed by atoms with Crippen molar-refractivity contribution in [2.24, 2.45) is 0 Å². The predicted octanol–water partition coefficient (Wildman–Crippen LogP) is 1.67. The topological polar surface area (TPSA) is 51.2 Å². The van der Waals surface area contributed by atoms with Crippen LogP contribution in [0.3, 0.4) is 0 Å². The zero-order valence-electron chi connectivity index (χ0n) is 6.82. The summed E-state index contributed by atoms with van der Waals surface area (Å²) in [7, 11) is -3.25. The minimum Gasteiger partial charge on any atom is -0.298 e. The van der Waals surface area contributed by atoms with Crippen molar-refractivity contribution < 1.29 is 13.2 Å². The van der Waals surface area contributed by atoms with Gasteiger partial charge in [0.05, 0.1) is 4.90 Å². The van der Waals surface area contributed by atoms with Crippen LogP contribution in [0.2, 0.25) is 0 Å². The van der Waals surface area contributed by atoms with Crippen molar-refractivity contribution in [3.63, 3.8) is 0 Å². The zero-order valence-corrected chi connectivity index (χ0v) is 9.22. The van der Waals surface area contributed by atoms with Crippen LogP contribution in [0, 0.1) is 0 Å². The lowest BCUT2D eigenvalue weighted by atomic mass is 10.2. The van der Waals surface area contributed by atoms with Crippen LogP contribution in [0.1, 0.15) is 10.4 Å². The Balaban J connectivity index is 3.41. The van der Waals surface area contributed by atoms with Gasteiger partial charge in [0, 0.05) is 16.3 Å². The van der Waals surface area contributed by atoms with Gasteiger partial charge in [0.25, 0.3) is 0 Å². The molecule has 1 rings (SSSR count). The number of benzene rings is 1. The fraction of sp³-hybridized carbons (Fsp3) is 0.125. The molecule has 1 aromatic rings. The lowest BCUT2D eigenvalue weighted by Crippen LogP contribution is -1.98. The smallest absolute Gasteiger partial charge is 0.175 e. The summed E-state index contributed by atoms with van der Waals surface area (Å²) in [4.78, 5) is 10.6. The maximum Gasteiger partial charge on any atom is 0.175 e. The Bertz CT molecular complexity index is 437. The summed E-state index contributed by atoms with van der Waals surface area (Å²) in [6.07, 6.45) is 1.71. The van der Waals surface area contributed by atoms with Gasteiger partial charge in [-0.1, -0.05) is 15.9 Å². The lowest BCUT2D eigenvalue weighted by molar-refractivity contribution is 0.112. The summed E-state index contributed by atoms with van der Waals surface area (Å²) in [5, 5.41) is 0. The summed E-state index contributed by atoms with van der Waals surface area (Å²) in [6, 6.07) is 4.36. The van der Waals surface area contributed by atoms with Crippen LogP contribution in [0.25, 0.3) is 0 Å². The van der Waals surface area contributed by atoms with Gasteiger partial charge in [0.2, 0.25) is 0 Å². The third-order valence-electron chi connectivity index (χ3n) is 1.46. The van der Waals surface area contributed by atoms with E-state index >= 15 is 0 Å². The SMILES string of the molecule is CS(=O)(=O)c1cc(Br)cc(C=O)c1. The molecule has 0 heterocycles. The molecular formula is C8H7BrO3S. The van der Waals surface area contributed by atoms with E-state index in [-0.39, 0.29) is 4.90 Å². The van der Waals surface area contributed by atoms with Crippen LogP contribution < -0.4 is 0 Å². The van der Waals surface area contributed by atoms with Gasteiger partial charge in [-0.15, -0.1) is 0 Å². The van der Waals surface area contributed by atoms with E-state index in [1.54, 1.807) is 6.07 Å². The second kappa shape index (κ2) is 3.59. The molecular weight excluding hydrogens is 256 g/mol. The summed E-state index contributed by atoms with van der Waals surface area (Å²) >= 11 is 3.12. The molecule has 0 aliphatic heterocycles. The van der Waals surface area contributed by atoms with Crippen LogP contribution >= 0.6 is 15.9 Å². The van der Waals surface area contributed by atoms with E-state index in [0.29, 0.717) is 16.3 Å². The Morgan fingerprint density at radius 1 is 1.31 bits per heavy atom. The number of aldehydes is 1. The second-order valence-electron chi connectivity index (χ2n) is 2.61. The maximum atomic E-state index is 11.1. The van der Waals surface area contributed by atoms with Crippen molar-refractivity contribution >= 4 is 32.1 Å². The Kier molecular flexibility index (Phi) is 2.87. The van der Waals surface area contributed by atoms with Crippen molar-refractivity contribution in [3.8, 4) is 0 Å². The van der Waals surface area contributed by atoms with Crippen molar-refractivity contribution in [1.82, 2.24) is 0 Å². The highest BCUT2D eigenvalue weighted by Crippen LogP contribution is 2.18. The van der Waals surface area contributed by atoms with Crippen molar-refractivity contribution in [3.05, 3.63) is 28.2 Å². The van der Waals surface area contributed by atoms with Crippen LogP contribution in [0.15, 0.2) is 27.6 Å². The molecule has 5 heteroatoms. The highest BCUT2D eigenvalue weighted by Gasteiger charge is 2.08. The molecule has 0 atom stereocenters. The Labute approximate surface area is 84.8 Å². The normalized spacial score (nSPS) is 11.2. The van der Waals surface area contributed by atoms with Gasteiger partial charge >= 0.3 is 0 Å². The number of hydrogen-bond donors (Lipinski definition) is 0. The summed E-state index contributed by atoms with van der Waals surface area (Å²) in [6.45, 7) is 0. The molecule has 0 N–H and O–H groups in total. The average molecular weight is 263 g/mol. The van der Waals surface area contributed by atoms with Gasteiger partial charge in [0.15, 0.2) is 9.84 Å². The Morgan fingerprint density at radius 3 is 2.38 bits per heavy atom. The van der Waals surface area contributed by atoms with Gasteiger partial charge < -0.3 is 0 Å². The first kappa shape index (κ1) is 10.4. The quantitative estimate of drug-likeness (QED) is 0.762. The number of carbonyl (C=O) groups is 1. The van der Waals surface area contributed by atoms with E-state index in [9.17, 15) is 13.2 Å². The van der Waals surface area contributed by atoms with Gasteiger partial charge in [-0.25, -0.2) is 8.42 Å². The molecule has 0 saturated carbocycles. The fourth-order valence-corrected chi connectivity index (χ4v) is 2.22. The largest absolute Gasteiger partial charge is 0.298 e. The van der Waals surface area contributed by atoms with E-state index < -0.39 is 9.84 Å². The molecule has 0 saturated heterocycles. The fourth-order valence-electron chi connectivity index (χ4n) is 0.867.